The van der Waals surface area contributed by atoms with E-state index in [0.717, 1.165) is 36.6 Å². The molecule has 142 valence electrons. The molecule has 0 bridgehead atoms. The summed E-state index contributed by atoms with van der Waals surface area (Å²) in [5, 5.41) is 2.87. The van der Waals surface area contributed by atoms with Crippen LogP contribution in [-0.2, 0) is 22.6 Å². The number of amides is 2. The van der Waals surface area contributed by atoms with Crippen LogP contribution in [0.4, 0.5) is 5.82 Å². The van der Waals surface area contributed by atoms with Crippen molar-refractivity contribution in [3.8, 4) is 0 Å². The zero-order valence-corrected chi connectivity index (χ0v) is 16.1. The molecule has 1 aromatic rings. The van der Waals surface area contributed by atoms with Crippen LogP contribution in [0.3, 0.4) is 0 Å². The molecule has 26 heavy (non-hydrogen) atoms. The van der Waals surface area contributed by atoms with E-state index in [4.69, 9.17) is 0 Å². The van der Waals surface area contributed by atoms with E-state index in [9.17, 15) is 9.59 Å². The van der Waals surface area contributed by atoms with Gasteiger partial charge in [-0.25, -0.2) is 9.97 Å². The van der Waals surface area contributed by atoms with Gasteiger partial charge in [-0.1, -0.05) is 6.92 Å². The topological polar surface area (TPSA) is 81.7 Å². The van der Waals surface area contributed by atoms with Crippen molar-refractivity contribution in [1.29, 1.82) is 0 Å². The molecule has 0 aliphatic carbocycles. The Morgan fingerprint density at radius 1 is 1.31 bits per heavy atom. The molecule has 1 atom stereocenters. The molecule has 2 amide bonds. The van der Waals surface area contributed by atoms with Gasteiger partial charge in [0.15, 0.2) is 0 Å². The van der Waals surface area contributed by atoms with Crippen molar-refractivity contribution in [2.45, 2.75) is 39.3 Å². The lowest BCUT2D eigenvalue weighted by molar-refractivity contribution is -0.139. The standard InChI is InChI=1S/C18H28N6O2/c1-5-23-9-7-19-18(26)15(23)10-16(25)24-8-6-13-14(11-24)20-12(2)21-17(13)22(3)4/h15H,5-11H2,1-4H3,(H,19,26)/t15-/m0/s1. The van der Waals surface area contributed by atoms with Gasteiger partial charge in [-0.3, -0.25) is 14.5 Å². The minimum atomic E-state index is -0.368. The first-order chi connectivity index (χ1) is 12.4. The van der Waals surface area contributed by atoms with Gasteiger partial charge >= 0.3 is 0 Å². The number of fused-ring (bicyclic) bond motifs is 1. The Morgan fingerprint density at radius 3 is 2.77 bits per heavy atom. The number of rotatable bonds is 4. The summed E-state index contributed by atoms with van der Waals surface area (Å²) >= 11 is 0. The predicted molar refractivity (Wildman–Crippen MR) is 98.9 cm³/mol. The lowest BCUT2D eigenvalue weighted by Crippen LogP contribution is -2.56. The van der Waals surface area contributed by atoms with Crippen molar-refractivity contribution in [3.05, 3.63) is 17.1 Å². The number of nitrogens with zero attached hydrogens (tertiary/aromatic N) is 5. The molecular formula is C18H28N6O2. The Kier molecular flexibility index (Phi) is 5.41. The number of hydrogen-bond acceptors (Lipinski definition) is 6. The molecule has 3 rings (SSSR count). The first-order valence-electron chi connectivity index (χ1n) is 9.24. The number of carbonyl (C=O) groups is 2. The molecule has 0 unspecified atom stereocenters. The molecule has 1 saturated heterocycles. The summed E-state index contributed by atoms with van der Waals surface area (Å²) in [6.07, 6.45) is 0.961. The number of nitrogens with one attached hydrogen (secondary N) is 1. The molecule has 0 radical (unpaired) electrons. The number of piperazine rings is 1. The van der Waals surface area contributed by atoms with Gasteiger partial charge in [0.05, 0.1) is 24.7 Å². The summed E-state index contributed by atoms with van der Waals surface area (Å²) < 4.78 is 0. The van der Waals surface area contributed by atoms with Crippen LogP contribution in [0, 0.1) is 6.92 Å². The molecule has 8 heteroatoms. The normalized spacial score (nSPS) is 20.5. The highest BCUT2D eigenvalue weighted by Crippen LogP contribution is 2.26. The fourth-order valence-corrected chi connectivity index (χ4v) is 3.77. The Morgan fingerprint density at radius 2 is 2.08 bits per heavy atom. The third kappa shape index (κ3) is 3.65. The minimum absolute atomic E-state index is 0.0128. The van der Waals surface area contributed by atoms with Crippen LogP contribution in [0.15, 0.2) is 0 Å². The quantitative estimate of drug-likeness (QED) is 0.811. The van der Waals surface area contributed by atoms with Crippen LogP contribution in [0.5, 0.6) is 0 Å². The molecule has 2 aliphatic heterocycles. The molecule has 1 fully saturated rings. The van der Waals surface area contributed by atoms with Crippen LogP contribution < -0.4 is 10.2 Å². The number of aromatic nitrogens is 2. The number of carbonyl (C=O) groups excluding carboxylic acids is 2. The van der Waals surface area contributed by atoms with Gasteiger partial charge in [0.2, 0.25) is 11.8 Å². The van der Waals surface area contributed by atoms with Gasteiger partial charge < -0.3 is 15.1 Å². The fourth-order valence-electron chi connectivity index (χ4n) is 3.77. The van der Waals surface area contributed by atoms with Crippen molar-refractivity contribution < 1.29 is 9.59 Å². The zero-order valence-electron chi connectivity index (χ0n) is 16.1. The Balaban J connectivity index is 1.74. The Labute approximate surface area is 154 Å². The highest BCUT2D eigenvalue weighted by atomic mass is 16.2. The summed E-state index contributed by atoms with van der Waals surface area (Å²) in [6, 6.07) is -0.368. The molecule has 1 N–H and O–H groups in total. The molecule has 2 aliphatic rings. The van der Waals surface area contributed by atoms with Gasteiger partial charge in [-0.05, 0) is 19.9 Å². The average Bonchev–Trinajstić information content (AvgIpc) is 2.61. The van der Waals surface area contributed by atoms with Crippen LogP contribution in [0.2, 0.25) is 0 Å². The highest BCUT2D eigenvalue weighted by Gasteiger charge is 2.33. The highest BCUT2D eigenvalue weighted by molar-refractivity contribution is 5.89. The molecule has 0 spiro atoms. The lowest BCUT2D eigenvalue weighted by Gasteiger charge is -2.36. The van der Waals surface area contributed by atoms with Crippen LogP contribution in [0.25, 0.3) is 0 Å². The summed E-state index contributed by atoms with van der Waals surface area (Å²) in [4.78, 5) is 40.0. The molecule has 0 aromatic carbocycles. The zero-order chi connectivity index (χ0) is 18.8. The van der Waals surface area contributed by atoms with E-state index in [1.165, 1.54) is 0 Å². The third-order valence-corrected chi connectivity index (χ3v) is 5.15. The number of hydrogen-bond donors (Lipinski definition) is 1. The molecule has 8 nitrogen and oxygen atoms in total. The van der Waals surface area contributed by atoms with E-state index in [-0.39, 0.29) is 24.3 Å². The Bertz CT molecular complexity index is 705. The second kappa shape index (κ2) is 7.57. The maximum atomic E-state index is 12.9. The van der Waals surface area contributed by atoms with E-state index in [2.05, 4.69) is 20.2 Å². The van der Waals surface area contributed by atoms with Crippen molar-refractivity contribution in [2.24, 2.45) is 0 Å². The predicted octanol–water partition coefficient (Wildman–Crippen LogP) is -0.0539. The SMILES string of the molecule is CCN1CCNC(=O)[C@@H]1CC(=O)N1CCc2c(nc(C)nc2N(C)C)C1. The van der Waals surface area contributed by atoms with Gasteiger partial charge in [0, 0.05) is 39.3 Å². The molecule has 3 heterocycles. The van der Waals surface area contributed by atoms with Gasteiger partial charge in [-0.15, -0.1) is 0 Å². The second-order valence-electron chi connectivity index (χ2n) is 7.12. The summed E-state index contributed by atoms with van der Waals surface area (Å²) in [6.45, 7) is 7.24. The summed E-state index contributed by atoms with van der Waals surface area (Å²) in [5.41, 5.74) is 2.04. The largest absolute Gasteiger partial charge is 0.362 e. The van der Waals surface area contributed by atoms with E-state index in [1.807, 2.05) is 37.7 Å². The van der Waals surface area contributed by atoms with Gasteiger partial charge in [0.25, 0.3) is 0 Å². The minimum Gasteiger partial charge on any atom is -0.362 e. The smallest absolute Gasteiger partial charge is 0.237 e. The first-order valence-corrected chi connectivity index (χ1v) is 9.24. The second-order valence-corrected chi connectivity index (χ2v) is 7.12. The molecule has 1 aromatic heterocycles. The number of aryl methyl sites for hydroxylation is 1. The van der Waals surface area contributed by atoms with Crippen LogP contribution >= 0.6 is 0 Å². The third-order valence-electron chi connectivity index (χ3n) is 5.15. The van der Waals surface area contributed by atoms with Gasteiger partial charge in [-0.2, -0.15) is 0 Å². The van der Waals surface area contributed by atoms with Crippen molar-refractivity contribution >= 4 is 17.6 Å². The fraction of sp³-hybridized carbons (Fsp3) is 0.667. The Hall–Kier alpha value is -2.22. The average molecular weight is 360 g/mol. The van der Waals surface area contributed by atoms with E-state index >= 15 is 0 Å². The first kappa shape index (κ1) is 18.6. The maximum absolute atomic E-state index is 12.9. The van der Waals surface area contributed by atoms with Crippen molar-refractivity contribution in [3.63, 3.8) is 0 Å². The van der Waals surface area contributed by atoms with Crippen LogP contribution in [0.1, 0.15) is 30.4 Å². The van der Waals surface area contributed by atoms with Crippen molar-refractivity contribution in [2.75, 3.05) is 45.2 Å². The summed E-state index contributed by atoms with van der Waals surface area (Å²) in [7, 11) is 3.95. The number of likely N-dealkylation sites (N-methyl/N-ethyl adjacent to an activating group) is 1. The van der Waals surface area contributed by atoms with Crippen molar-refractivity contribution in [1.82, 2.24) is 25.1 Å². The molecule has 0 saturated carbocycles. The van der Waals surface area contributed by atoms with Gasteiger partial charge in [0.1, 0.15) is 11.6 Å². The van der Waals surface area contributed by atoms with E-state index in [0.29, 0.717) is 25.5 Å². The lowest BCUT2D eigenvalue weighted by atomic mass is 10.0. The molecular weight excluding hydrogens is 332 g/mol. The van der Waals surface area contributed by atoms with E-state index in [1.54, 1.807) is 0 Å². The summed E-state index contributed by atoms with van der Waals surface area (Å²) in [5.74, 6) is 1.62. The maximum Gasteiger partial charge on any atom is 0.237 e. The monoisotopic (exact) mass is 360 g/mol. The van der Waals surface area contributed by atoms with E-state index < -0.39 is 0 Å². The number of anilines is 1. The van der Waals surface area contributed by atoms with Crippen LogP contribution in [-0.4, -0.2) is 77.9 Å².